The number of alkyl halides is 42. The molecule has 0 bridgehead atoms. The van der Waals surface area contributed by atoms with Crippen molar-refractivity contribution >= 4 is 101 Å². The Morgan fingerprint density at radius 1 is 0.357 bits per heavy atom. The van der Waals surface area contributed by atoms with E-state index in [0.29, 0.717) is 12.8 Å². The van der Waals surface area contributed by atoms with E-state index < -0.39 is 226 Å². The Labute approximate surface area is 822 Å². The van der Waals surface area contributed by atoms with Crippen LogP contribution in [0.1, 0.15) is 93.2 Å². The number of esters is 5. The molecule has 1 N–H and O–H groups in total. The highest BCUT2D eigenvalue weighted by Crippen LogP contribution is 2.38. The maximum absolute atomic E-state index is 12.3. The first-order valence-corrected chi connectivity index (χ1v) is 46.8. The highest BCUT2D eigenvalue weighted by Gasteiger charge is 2.42. The molecule has 143 heavy (non-hydrogen) atoms. The fourth-order valence-electron chi connectivity index (χ4n) is 7.49. The zero-order chi connectivity index (χ0) is 116. The molecule has 0 spiro atoms. The van der Waals surface area contributed by atoms with Crippen molar-refractivity contribution in [2.75, 3.05) is 191 Å². The number of carbonyl (C=O) groups excluding carboxylic acids is 7. The van der Waals surface area contributed by atoms with Crippen molar-refractivity contribution in [2.45, 2.75) is 123 Å². The van der Waals surface area contributed by atoms with Gasteiger partial charge in [0.2, 0.25) is 132 Å². The van der Waals surface area contributed by atoms with Gasteiger partial charge in [-0.1, -0.05) is 191 Å². The number of hydrogen-bond donors (Lipinski definition) is 1. The molecule has 1 aliphatic heterocycles. The van der Waals surface area contributed by atoms with Crippen molar-refractivity contribution in [3.05, 3.63) is 131 Å². The average Bonchev–Trinajstić information content (AvgIpc) is 0.863. The lowest BCUT2D eigenvalue weighted by Gasteiger charge is -2.29. The van der Waals surface area contributed by atoms with E-state index in [1.807, 2.05) is 64.1 Å². The first-order valence-electron chi connectivity index (χ1n) is 38.0. The Hall–Kier alpha value is -8.68. The van der Waals surface area contributed by atoms with Gasteiger partial charge in [-0.25, -0.2) is 185 Å². The van der Waals surface area contributed by atoms with E-state index in [9.17, 15) is 209 Å². The van der Waals surface area contributed by atoms with E-state index in [0.717, 1.165) is 22.3 Å². The highest BCUT2D eigenvalue weighted by molar-refractivity contribution is 9.09. The number of cyclic esters (lactones) is 2. The molecule has 0 amide bonds. The summed E-state index contributed by atoms with van der Waals surface area (Å²) in [5, 5.41) is 9.73. The van der Waals surface area contributed by atoms with Gasteiger partial charge in [-0.15, -0.1) is 0 Å². The topological polar surface area (TPSA) is 223 Å². The molecule has 856 valence electrons. The zero-order valence-corrected chi connectivity index (χ0v) is 84.7. The van der Waals surface area contributed by atoms with E-state index in [1.165, 1.54) is 24.2 Å². The molecule has 61 heteroatoms. The predicted octanol–water partition coefficient (Wildman–Crippen LogP) is 29.3. The van der Waals surface area contributed by atoms with E-state index in [-0.39, 0.29) is 67.8 Å². The van der Waals surface area contributed by atoms with Gasteiger partial charge in [0.25, 0.3) is 0 Å². The summed E-state index contributed by atoms with van der Waals surface area (Å²) < 4.78 is 436. The van der Waals surface area contributed by atoms with Crippen LogP contribution in [0, 0.1) is 21.7 Å². The molecule has 4 aromatic rings. The number of aliphatic hydroxyl groups is 1. The molecule has 1 heterocycles. The predicted molar refractivity (Wildman–Crippen MR) is 470 cm³/mol. The second-order valence-electron chi connectivity index (χ2n) is 26.1. The molecule has 17 nitrogen and oxygen atoms in total. The first-order chi connectivity index (χ1) is 67.0. The summed E-state index contributed by atoms with van der Waals surface area (Å²) in [4.78, 5) is 81.1. The standard InChI is InChI=1S/2C17H26BrFO2Si.C16H19FO7.C13H14O5.18CH2F2.CH3FO/c2*1-17(2,16(20)21-11-10-19)12-15(18)13-6-8-14(9-7-13)22(3,4)5;1-12(18)22-9-16(2,10-23-15(20)24-11-17)14(19)21-8-13-6-4-3-5-7-13;1-13(8-17-12(15)18-9-13)11(14)16-7-10-5-3-2-4-6-10;19*2-1-3/h2*6-9,15H,10-12H2,1-5H3;3-7H,8-11H2,1-2H3;2-6H,7-9H2,1H3;18*1H2;3H,1H2. The summed E-state index contributed by atoms with van der Waals surface area (Å²) in [7, 11) is -2.59. The Kier molecular flexibility index (Phi) is 167. The van der Waals surface area contributed by atoms with Crippen molar-refractivity contribution in [3.8, 4) is 0 Å². The van der Waals surface area contributed by atoms with Crippen molar-refractivity contribution in [1.82, 2.24) is 0 Å². The van der Waals surface area contributed by atoms with Crippen LogP contribution in [0.2, 0.25) is 39.3 Å². The number of aliphatic hydroxyl groups excluding tert-OH is 1. The van der Waals surface area contributed by atoms with Crippen LogP contribution in [0.3, 0.4) is 0 Å². The molecule has 3 atom stereocenters. The first kappa shape index (κ1) is 176. The lowest BCUT2D eigenvalue weighted by atomic mass is 9.86. The van der Waals surface area contributed by atoms with Crippen LogP contribution >= 0.6 is 31.9 Å². The molecule has 1 saturated heterocycles. The third-order valence-corrected chi connectivity index (χ3v) is 18.9. The van der Waals surface area contributed by atoms with Gasteiger partial charge < -0.3 is 47.7 Å². The zero-order valence-electron chi connectivity index (χ0n) is 79.5. The van der Waals surface area contributed by atoms with Gasteiger partial charge in [-0.3, -0.25) is 24.0 Å². The van der Waals surface area contributed by atoms with Crippen LogP contribution in [-0.4, -0.2) is 255 Å². The number of rotatable bonds is 25. The molecule has 1 aliphatic rings. The van der Waals surface area contributed by atoms with Gasteiger partial charge >= 0.3 is 42.2 Å². The fourth-order valence-corrected chi connectivity index (χ4v) is 12.1. The van der Waals surface area contributed by atoms with Gasteiger partial charge in [-0.2, -0.15) is 0 Å². The molecule has 5 rings (SSSR count). The Morgan fingerprint density at radius 3 is 0.804 bits per heavy atom. The minimum Gasteiger partial charge on any atom is -0.465 e. The van der Waals surface area contributed by atoms with Crippen LogP contribution in [0.15, 0.2) is 109 Å². The molecule has 0 saturated carbocycles. The maximum atomic E-state index is 12.3. The number of hydrogen-bond acceptors (Lipinski definition) is 17. The van der Waals surface area contributed by atoms with Crippen molar-refractivity contribution in [1.29, 1.82) is 0 Å². The number of ether oxygens (including phenoxy) is 9. The monoisotopic (exact) mass is 2350 g/mol. The largest absolute Gasteiger partial charge is 0.510 e. The van der Waals surface area contributed by atoms with Crippen LogP contribution in [0.4, 0.5) is 185 Å². The summed E-state index contributed by atoms with van der Waals surface area (Å²) in [6.07, 6.45) is -0.819. The number of benzene rings is 4. The SMILES string of the molecule is CC(=O)OCC(C)(COC(=O)OCF)C(=O)OCc1ccccc1.CC(C)(CC(Br)c1ccc([Si](C)(C)C)cc1)C(=O)OCCF.CC(C)(CC(Br)c1ccc([Si](C)(C)C)cc1)C(=O)OCCF.CC1(C(=O)OCc2ccccc2)COC(=O)OC1.FCF.FCF.FCF.FCF.FCF.FCF.FCF.FCF.FCF.FCF.FCF.FCF.FCF.FCF.FCF.FCF.FCF.FCF.OCF. The summed E-state index contributed by atoms with van der Waals surface area (Å²) in [5.41, 5.74) is 0.281. The van der Waals surface area contributed by atoms with Crippen LogP contribution in [-0.2, 0) is 79.8 Å². The highest BCUT2D eigenvalue weighted by atomic mass is 79.9. The van der Waals surface area contributed by atoms with Crippen LogP contribution < -0.4 is 10.4 Å². The van der Waals surface area contributed by atoms with Crippen molar-refractivity contribution in [3.63, 3.8) is 0 Å². The molecule has 0 aromatic heterocycles. The Balaban J connectivity index is -0.0000000772. The van der Waals surface area contributed by atoms with E-state index in [2.05, 4.69) is 129 Å². The van der Waals surface area contributed by atoms with Gasteiger partial charge in [0.15, 0.2) is 6.86 Å². The summed E-state index contributed by atoms with van der Waals surface area (Å²) >= 11 is 7.33. The molecular weight excluding hydrogens is 2230 g/mol. The van der Waals surface area contributed by atoms with Crippen molar-refractivity contribution < 1.29 is 257 Å². The van der Waals surface area contributed by atoms with Gasteiger partial charge in [0, 0.05) is 16.6 Å². The molecule has 0 aliphatic carbocycles. The maximum Gasteiger partial charge on any atom is 0.510 e. The van der Waals surface area contributed by atoms with E-state index >= 15 is 0 Å². The Bertz CT molecular complexity index is 3020. The third kappa shape index (κ3) is 144. The molecule has 0 radical (unpaired) electrons. The summed E-state index contributed by atoms with van der Waals surface area (Å²) in [6.45, 7) is -11.0. The van der Waals surface area contributed by atoms with E-state index in [4.69, 9.17) is 38.3 Å². The lowest BCUT2D eigenvalue weighted by molar-refractivity contribution is -0.168. The normalized spacial score (nSPS) is 11.0. The van der Waals surface area contributed by atoms with E-state index in [1.54, 1.807) is 31.2 Å². The molecular formula is C82H124Br2F40O17Si2. The Morgan fingerprint density at radius 2 is 0.587 bits per heavy atom. The summed E-state index contributed by atoms with van der Waals surface area (Å²) in [6, 6.07) is 35.5. The van der Waals surface area contributed by atoms with Crippen LogP contribution in [0.25, 0.3) is 0 Å². The molecule has 4 aromatic carbocycles. The van der Waals surface area contributed by atoms with Gasteiger partial charge in [0.05, 0.1) is 27.0 Å². The number of halogens is 42. The smallest absolute Gasteiger partial charge is 0.465 e. The van der Waals surface area contributed by atoms with Crippen molar-refractivity contribution in [2.24, 2.45) is 21.7 Å². The fraction of sp³-hybridized carbons (Fsp3) is 0.622. The second-order valence-corrected chi connectivity index (χ2v) is 38.5. The second kappa shape index (κ2) is 135. The van der Waals surface area contributed by atoms with Gasteiger partial charge in [-0.05, 0) is 76.6 Å². The summed E-state index contributed by atoms with van der Waals surface area (Å²) in [5.74, 6) is -2.48. The minimum atomic E-state index is -1.75. The molecule has 3 unspecified atom stereocenters. The number of carbonyl (C=O) groups is 7. The van der Waals surface area contributed by atoms with Gasteiger partial charge in [0.1, 0.15) is 77.0 Å². The minimum absolute atomic E-state index is 0.00423. The third-order valence-electron chi connectivity index (χ3n) is 13.1. The quantitative estimate of drug-likeness (QED) is 0.0214. The average molecular weight is 2360 g/mol. The molecule has 1 fully saturated rings. The van der Waals surface area contributed by atoms with Crippen LogP contribution in [0.5, 0.6) is 0 Å². The lowest BCUT2D eigenvalue weighted by Crippen LogP contribution is -2.44.